The number of nitrogens with zero attached hydrogens (tertiary/aromatic N) is 3. The van der Waals surface area contributed by atoms with Crippen molar-refractivity contribution in [2.24, 2.45) is 0 Å². The van der Waals surface area contributed by atoms with Crippen LogP contribution in [0.1, 0.15) is 31.7 Å². The summed E-state index contributed by atoms with van der Waals surface area (Å²) in [6.07, 6.45) is 2.53. The molecule has 0 aliphatic carbocycles. The number of ether oxygens (including phenoxy) is 1. The molecule has 0 saturated carbocycles. The third-order valence-electron chi connectivity index (χ3n) is 4.81. The molecule has 0 spiro atoms. The second kappa shape index (κ2) is 8.30. The molecule has 1 fully saturated rings. The molecular formula is C19H23N3O5. The second-order valence-electron chi connectivity index (χ2n) is 6.53. The SMILES string of the molecule is CCOCCCN1C(=O)C(c2ccc([N+](=O)[O-])cc2)=C(N2CCCC2)C1=O. The number of carbonyl (C=O) groups is 2. The number of hydrogen-bond donors (Lipinski definition) is 0. The summed E-state index contributed by atoms with van der Waals surface area (Å²) >= 11 is 0. The van der Waals surface area contributed by atoms with Gasteiger partial charge in [0.1, 0.15) is 5.70 Å². The largest absolute Gasteiger partial charge is 0.382 e. The van der Waals surface area contributed by atoms with Crippen molar-refractivity contribution in [3.05, 3.63) is 45.6 Å². The highest BCUT2D eigenvalue weighted by Crippen LogP contribution is 2.34. The molecule has 2 amide bonds. The molecule has 144 valence electrons. The van der Waals surface area contributed by atoms with Crippen molar-refractivity contribution in [1.82, 2.24) is 9.80 Å². The number of likely N-dealkylation sites (tertiary alicyclic amines) is 1. The van der Waals surface area contributed by atoms with Crippen LogP contribution in [0.5, 0.6) is 0 Å². The maximum atomic E-state index is 13.0. The Balaban J connectivity index is 1.91. The monoisotopic (exact) mass is 373 g/mol. The van der Waals surface area contributed by atoms with Crippen molar-refractivity contribution < 1.29 is 19.2 Å². The minimum atomic E-state index is -0.485. The summed E-state index contributed by atoms with van der Waals surface area (Å²) in [5.41, 5.74) is 1.25. The molecule has 2 aliphatic heterocycles. The van der Waals surface area contributed by atoms with Crippen molar-refractivity contribution >= 4 is 23.1 Å². The third-order valence-corrected chi connectivity index (χ3v) is 4.81. The smallest absolute Gasteiger partial charge is 0.277 e. The van der Waals surface area contributed by atoms with Crippen LogP contribution in [-0.4, -0.2) is 59.4 Å². The van der Waals surface area contributed by atoms with E-state index in [0.29, 0.717) is 43.0 Å². The van der Waals surface area contributed by atoms with Gasteiger partial charge in [-0.2, -0.15) is 0 Å². The van der Waals surface area contributed by atoms with Gasteiger partial charge >= 0.3 is 0 Å². The number of hydrogen-bond acceptors (Lipinski definition) is 6. The van der Waals surface area contributed by atoms with Gasteiger partial charge in [-0.25, -0.2) is 0 Å². The molecule has 8 heteroatoms. The molecule has 2 heterocycles. The molecule has 1 saturated heterocycles. The summed E-state index contributed by atoms with van der Waals surface area (Å²) in [4.78, 5) is 39.6. The molecular weight excluding hydrogens is 350 g/mol. The zero-order valence-corrected chi connectivity index (χ0v) is 15.3. The normalized spacial score (nSPS) is 17.4. The molecule has 0 bridgehead atoms. The lowest BCUT2D eigenvalue weighted by Crippen LogP contribution is -2.35. The standard InChI is InChI=1S/C19H23N3O5/c1-2-27-13-5-12-21-18(23)16(14-6-8-15(9-7-14)22(25)26)17(19(21)24)20-10-3-4-11-20/h6-9H,2-5,10-13H2,1H3. The van der Waals surface area contributed by atoms with Crippen LogP contribution in [0, 0.1) is 10.1 Å². The van der Waals surface area contributed by atoms with Gasteiger partial charge in [0.05, 0.1) is 10.5 Å². The Morgan fingerprint density at radius 3 is 2.37 bits per heavy atom. The maximum absolute atomic E-state index is 13.0. The Kier molecular flexibility index (Phi) is 5.85. The lowest BCUT2D eigenvalue weighted by atomic mass is 10.0. The Hall–Kier alpha value is -2.74. The van der Waals surface area contributed by atoms with E-state index in [0.717, 1.165) is 25.9 Å². The summed E-state index contributed by atoms with van der Waals surface area (Å²) in [6, 6.07) is 5.80. The van der Waals surface area contributed by atoms with Crippen molar-refractivity contribution in [3.63, 3.8) is 0 Å². The highest BCUT2D eigenvalue weighted by atomic mass is 16.6. The van der Waals surface area contributed by atoms with Gasteiger partial charge in [0.15, 0.2) is 0 Å². The van der Waals surface area contributed by atoms with E-state index >= 15 is 0 Å². The minimum absolute atomic E-state index is 0.0487. The molecule has 0 N–H and O–H groups in total. The average Bonchev–Trinajstić information content (AvgIpc) is 3.26. The van der Waals surface area contributed by atoms with E-state index in [1.807, 2.05) is 11.8 Å². The fraction of sp³-hybridized carbons (Fsp3) is 0.474. The number of nitro groups is 1. The number of benzene rings is 1. The van der Waals surface area contributed by atoms with E-state index in [-0.39, 0.29) is 17.5 Å². The second-order valence-corrected chi connectivity index (χ2v) is 6.53. The minimum Gasteiger partial charge on any atom is -0.382 e. The number of amides is 2. The summed E-state index contributed by atoms with van der Waals surface area (Å²) in [5.74, 6) is -0.626. The van der Waals surface area contributed by atoms with E-state index in [4.69, 9.17) is 4.74 Å². The fourth-order valence-corrected chi connectivity index (χ4v) is 3.48. The van der Waals surface area contributed by atoms with E-state index in [1.54, 1.807) is 12.1 Å². The zero-order valence-electron chi connectivity index (χ0n) is 15.3. The van der Waals surface area contributed by atoms with Gasteiger partial charge in [0.2, 0.25) is 0 Å². The van der Waals surface area contributed by atoms with Crippen LogP contribution in [0.3, 0.4) is 0 Å². The lowest BCUT2D eigenvalue weighted by Gasteiger charge is -2.20. The average molecular weight is 373 g/mol. The quantitative estimate of drug-likeness (QED) is 0.300. The molecule has 0 aromatic heterocycles. The van der Waals surface area contributed by atoms with Crippen molar-refractivity contribution in [2.75, 3.05) is 32.8 Å². The maximum Gasteiger partial charge on any atom is 0.277 e. The third kappa shape index (κ3) is 3.85. The van der Waals surface area contributed by atoms with Gasteiger partial charge in [-0.3, -0.25) is 24.6 Å². The highest BCUT2D eigenvalue weighted by Gasteiger charge is 2.41. The number of imide groups is 1. The van der Waals surface area contributed by atoms with E-state index in [9.17, 15) is 19.7 Å². The number of rotatable bonds is 8. The van der Waals surface area contributed by atoms with Gasteiger partial charge in [-0.1, -0.05) is 0 Å². The fourth-order valence-electron chi connectivity index (χ4n) is 3.48. The van der Waals surface area contributed by atoms with Crippen molar-refractivity contribution in [2.45, 2.75) is 26.2 Å². The molecule has 8 nitrogen and oxygen atoms in total. The highest BCUT2D eigenvalue weighted by molar-refractivity contribution is 6.35. The topological polar surface area (TPSA) is 93.0 Å². The van der Waals surface area contributed by atoms with E-state index in [2.05, 4.69) is 0 Å². The molecule has 2 aliphatic rings. The van der Waals surface area contributed by atoms with Gasteiger partial charge < -0.3 is 9.64 Å². The van der Waals surface area contributed by atoms with E-state index < -0.39 is 4.92 Å². The van der Waals surface area contributed by atoms with Crippen LogP contribution < -0.4 is 0 Å². The van der Waals surface area contributed by atoms with Gasteiger partial charge in [0, 0.05) is 45.0 Å². The van der Waals surface area contributed by atoms with Crippen LogP contribution in [0.4, 0.5) is 5.69 Å². The molecule has 0 atom stereocenters. The molecule has 27 heavy (non-hydrogen) atoms. The first-order valence-electron chi connectivity index (χ1n) is 9.22. The first-order valence-corrected chi connectivity index (χ1v) is 9.22. The van der Waals surface area contributed by atoms with Crippen LogP contribution in [0.2, 0.25) is 0 Å². The Labute approximate surface area is 157 Å². The Bertz CT molecular complexity index is 766. The molecule has 0 radical (unpaired) electrons. The number of nitro benzene ring substituents is 1. The number of carbonyl (C=O) groups excluding carboxylic acids is 2. The molecule has 3 rings (SSSR count). The van der Waals surface area contributed by atoms with Gasteiger partial charge in [-0.05, 0) is 43.9 Å². The van der Waals surface area contributed by atoms with Crippen LogP contribution in [-0.2, 0) is 14.3 Å². The van der Waals surface area contributed by atoms with Gasteiger partial charge in [0.25, 0.3) is 17.5 Å². The summed E-state index contributed by atoms with van der Waals surface area (Å²) in [6.45, 7) is 4.74. The zero-order chi connectivity index (χ0) is 19.4. The summed E-state index contributed by atoms with van der Waals surface area (Å²) in [7, 11) is 0. The van der Waals surface area contributed by atoms with Gasteiger partial charge in [-0.15, -0.1) is 0 Å². The van der Waals surface area contributed by atoms with Crippen LogP contribution >= 0.6 is 0 Å². The van der Waals surface area contributed by atoms with Crippen LogP contribution in [0.25, 0.3) is 5.57 Å². The van der Waals surface area contributed by atoms with Crippen molar-refractivity contribution in [3.8, 4) is 0 Å². The summed E-state index contributed by atoms with van der Waals surface area (Å²) in [5, 5.41) is 10.9. The first kappa shape index (κ1) is 19.0. The van der Waals surface area contributed by atoms with E-state index in [1.165, 1.54) is 17.0 Å². The Morgan fingerprint density at radius 1 is 1.11 bits per heavy atom. The van der Waals surface area contributed by atoms with Crippen molar-refractivity contribution in [1.29, 1.82) is 0 Å². The predicted molar refractivity (Wildman–Crippen MR) is 98.7 cm³/mol. The molecule has 0 unspecified atom stereocenters. The first-order chi connectivity index (χ1) is 13.0. The number of non-ortho nitro benzene ring substituents is 1. The predicted octanol–water partition coefficient (Wildman–Crippen LogP) is 2.20. The van der Waals surface area contributed by atoms with Crippen LogP contribution in [0.15, 0.2) is 30.0 Å². The lowest BCUT2D eigenvalue weighted by molar-refractivity contribution is -0.384. The summed E-state index contributed by atoms with van der Waals surface area (Å²) < 4.78 is 5.30. The Morgan fingerprint density at radius 2 is 1.78 bits per heavy atom. The molecule has 1 aromatic carbocycles. The molecule has 1 aromatic rings.